The third-order valence-corrected chi connectivity index (χ3v) is 5.28. The smallest absolute Gasteiger partial charge is 0.317 e. The van der Waals surface area contributed by atoms with Crippen molar-refractivity contribution in [2.24, 2.45) is 5.41 Å². The van der Waals surface area contributed by atoms with Gasteiger partial charge in [-0.2, -0.15) is 0 Å². The maximum Gasteiger partial charge on any atom is 0.317 e. The van der Waals surface area contributed by atoms with E-state index in [1.807, 2.05) is 0 Å². The largest absolute Gasteiger partial charge is 0.481 e. The number of thiophene rings is 1. The maximum atomic E-state index is 12.2. The van der Waals surface area contributed by atoms with Crippen LogP contribution in [0, 0.1) is 19.3 Å². The second-order valence-corrected chi connectivity index (χ2v) is 7.34. The predicted molar refractivity (Wildman–Crippen MR) is 82.6 cm³/mol. The highest BCUT2D eigenvalue weighted by Gasteiger charge is 2.39. The molecule has 1 fully saturated rings. The van der Waals surface area contributed by atoms with Crippen molar-refractivity contribution in [1.82, 2.24) is 10.2 Å². The van der Waals surface area contributed by atoms with Crippen molar-refractivity contribution >= 4 is 23.3 Å². The Kier molecular flexibility index (Phi) is 4.56. The van der Waals surface area contributed by atoms with Crippen LogP contribution in [0.4, 0.5) is 4.79 Å². The number of urea groups is 1. The van der Waals surface area contributed by atoms with Gasteiger partial charge in [0.1, 0.15) is 0 Å². The van der Waals surface area contributed by atoms with Gasteiger partial charge >= 0.3 is 12.0 Å². The van der Waals surface area contributed by atoms with Crippen molar-refractivity contribution in [1.29, 1.82) is 0 Å². The lowest BCUT2D eigenvalue weighted by molar-refractivity contribution is -0.150. The number of rotatable bonds is 3. The van der Waals surface area contributed by atoms with Crippen LogP contribution in [0.3, 0.4) is 0 Å². The molecule has 1 aliphatic rings. The number of carboxylic acids is 1. The summed E-state index contributed by atoms with van der Waals surface area (Å²) in [6.45, 7) is 7.22. The Morgan fingerprint density at radius 2 is 2.19 bits per heavy atom. The Morgan fingerprint density at radius 3 is 2.76 bits per heavy atom. The van der Waals surface area contributed by atoms with Crippen molar-refractivity contribution in [3.8, 4) is 0 Å². The number of piperidine rings is 1. The summed E-state index contributed by atoms with van der Waals surface area (Å²) in [6.07, 6.45) is 1.35. The van der Waals surface area contributed by atoms with Gasteiger partial charge in [0, 0.05) is 22.8 Å². The zero-order chi connectivity index (χ0) is 15.6. The van der Waals surface area contributed by atoms with Gasteiger partial charge in [0.15, 0.2) is 0 Å². The lowest BCUT2D eigenvalue weighted by Gasteiger charge is -2.37. The number of hydrogen-bond donors (Lipinski definition) is 2. The van der Waals surface area contributed by atoms with E-state index in [-0.39, 0.29) is 12.6 Å². The van der Waals surface area contributed by atoms with Crippen LogP contribution in [0.2, 0.25) is 0 Å². The van der Waals surface area contributed by atoms with E-state index in [0.29, 0.717) is 19.5 Å². The molecule has 2 N–H and O–H groups in total. The Morgan fingerprint density at radius 1 is 1.48 bits per heavy atom. The molecule has 1 atom stereocenters. The fraction of sp³-hybridized carbons (Fsp3) is 0.600. The second-order valence-electron chi connectivity index (χ2n) is 6.00. The van der Waals surface area contributed by atoms with Crippen molar-refractivity contribution in [2.75, 3.05) is 13.1 Å². The molecule has 2 rings (SSSR count). The van der Waals surface area contributed by atoms with Crippen molar-refractivity contribution < 1.29 is 14.7 Å². The maximum absolute atomic E-state index is 12.2. The molecule has 1 unspecified atom stereocenters. The third-order valence-electron chi connectivity index (χ3n) is 4.13. The first-order valence-electron chi connectivity index (χ1n) is 7.14. The minimum absolute atomic E-state index is 0.175. The van der Waals surface area contributed by atoms with Gasteiger partial charge < -0.3 is 15.3 Å². The summed E-state index contributed by atoms with van der Waals surface area (Å²) in [5.74, 6) is -0.829. The summed E-state index contributed by atoms with van der Waals surface area (Å²) < 4.78 is 0. The summed E-state index contributed by atoms with van der Waals surface area (Å²) >= 11 is 1.68. The highest BCUT2D eigenvalue weighted by molar-refractivity contribution is 7.12. The average molecular weight is 310 g/mol. The van der Waals surface area contributed by atoms with Crippen LogP contribution in [0.1, 0.15) is 35.1 Å². The molecular weight excluding hydrogens is 288 g/mol. The van der Waals surface area contributed by atoms with Gasteiger partial charge in [-0.15, -0.1) is 11.3 Å². The zero-order valence-electron chi connectivity index (χ0n) is 12.7. The number of nitrogens with one attached hydrogen (secondary N) is 1. The van der Waals surface area contributed by atoms with Crippen LogP contribution >= 0.6 is 11.3 Å². The summed E-state index contributed by atoms with van der Waals surface area (Å²) in [5, 5.41) is 12.2. The summed E-state index contributed by atoms with van der Waals surface area (Å²) in [7, 11) is 0. The highest BCUT2D eigenvalue weighted by atomic mass is 32.1. The van der Waals surface area contributed by atoms with Crippen LogP contribution in [0.25, 0.3) is 0 Å². The van der Waals surface area contributed by atoms with E-state index in [9.17, 15) is 14.7 Å². The lowest BCUT2D eigenvalue weighted by Crippen LogP contribution is -2.51. The van der Waals surface area contributed by atoms with Crippen LogP contribution in [0.5, 0.6) is 0 Å². The molecule has 6 heteroatoms. The first kappa shape index (κ1) is 15.8. The molecule has 1 aliphatic heterocycles. The van der Waals surface area contributed by atoms with E-state index < -0.39 is 11.4 Å². The van der Waals surface area contributed by atoms with E-state index in [1.165, 1.54) is 10.4 Å². The number of nitrogens with zero attached hydrogens (tertiary/aromatic N) is 1. The number of aryl methyl sites for hydroxylation is 2. The predicted octanol–water partition coefficient (Wildman–Crippen LogP) is 2.76. The van der Waals surface area contributed by atoms with Gasteiger partial charge in [0.25, 0.3) is 0 Å². The van der Waals surface area contributed by atoms with Gasteiger partial charge in [-0.25, -0.2) is 4.79 Å². The normalized spacial score (nSPS) is 22.1. The molecule has 21 heavy (non-hydrogen) atoms. The highest BCUT2D eigenvalue weighted by Crippen LogP contribution is 2.29. The minimum atomic E-state index is -0.829. The molecule has 0 spiro atoms. The molecule has 0 aromatic carbocycles. The second kappa shape index (κ2) is 6.05. The number of hydrogen-bond acceptors (Lipinski definition) is 3. The zero-order valence-corrected chi connectivity index (χ0v) is 13.5. The fourth-order valence-electron chi connectivity index (χ4n) is 2.60. The topological polar surface area (TPSA) is 69.6 Å². The van der Waals surface area contributed by atoms with Crippen LogP contribution in [0.15, 0.2) is 6.07 Å². The first-order valence-corrected chi connectivity index (χ1v) is 7.95. The SMILES string of the molecule is Cc1cc(CNC(=O)N2CCCC(C)(C(=O)O)C2)sc1C. The molecule has 1 aromatic heterocycles. The van der Waals surface area contributed by atoms with Crippen molar-refractivity contribution in [3.05, 3.63) is 21.4 Å². The number of aliphatic carboxylic acids is 1. The standard InChI is InChI=1S/C15H22N2O3S/c1-10-7-12(21-11(10)2)8-16-14(20)17-6-4-5-15(3,9-17)13(18)19/h7H,4-6,8-9H2,1-3H3,(H,16,20)(H,18,19). The Hall–Kier alpha value is -1.56. The van der Waals surface area contributed by atoms with Gasteiger partial charge in [-0.05, 0) is 45.2 Å². The molecule has 0 aliphatic carbocycles. The van der Waals surface area contributed by atoms with E-state index in [1.54, 1.807) is 23.2 Å². The van der Waals surface area contributed by atoms with E-state index in [0.717, 1.165) is 11.3 Å². The Labute approximate surface area is 129 Å². The van der Waals surface area contributed by atoms with Gasteiger partial charge in [-0.3, -0.25) is 4.79 Å². The molecule has 0 bridgehead atoms. The lowest BCUT2D eigenvalue weighted by atomic mass is 9.82. The molecular formula is C15H22N2O3S. The quantitative estimate of drug-likeness (QED) is 0.902. The minimum Gasteiger partial charge on any atom is -0.481 e. The van der Waals surface area contributed by atoms with Gasteiger partial charge in [0.05, 0.1) is 12.0 Å². The number of carbonyl (C=O) groups is 2. The molecule has 0 saturated carbocycles. The van der Waals surface area contributed by atoms with Crippen molar-refractivity contribution in [3.63, 3.8) is 0 Å². The molecule has 2 amide bonds. The third kappa shape index (κ3) is 3.56. The van der Waals surface area contributed by atoms with Crippen LogP contribution < -0.4 is 5.32 Å². The van der Waals surface area contributed by atoms with Crippen LogP contribution in [-0.4, -0.2) is 35.1 Å². The summed E-state index contributed by atoms with van der Waals surface area (Å²) in [5.41, 5.74) is 0.409. The fourth-order valence-corrected chi connectivity index (χ4v) is 3.59. The molecule has 0 radical (unpaired) electrons. The van der Waals surface area contributed by atoms with E-state index >= 15 is 0 Å². The van der Waals surface area contributed by atoms with Crippen molar-refractivity contribution in [2.45, 2.75) is 40.2 Å². The number of likely N-dealkylation sites (tertiary alicyclic amines) is 1. The van der Waals surface area contributed by atoms with E-state index in [2.05, 4.69) is 25.2 Å². The molecule has 116 valence electrons. The monoisotopic (exact) mass is 310 g/mol. The van der Waals surface area contributed by atoms with E-state index in [4.69, 9.17) is 0 Å². The summed E-state index contributed by atoms with van der Waals surface area (Å²) in [6, 6.07) is 1.91. The number of carboxylic acid groups (broad SMARTS) is 1. The molecule has 1 aromatic rings. The van der Waals surface area contributed by atoms with Crippen LogP contribution in [-0.2, 0) is 11.3 Å². The molecule has 2 heterocycles. The van der Waals surface area contributed by atoms with Gasteiger partial charge in [-0.1, -0.05) is 0 Å². The molecule has 1 saturated heterocycles. The Balaban J connectivity index is 1.92. The summed E-state index contributed by atoms with van der Waals surface area (Å²) in [4.78, 5) is 27.5. The molecule has 5 nitrogen and oxygen atoms in total. The number of amides is 2. The number of carbonyl (C=O) groups excluding carboxylic acids is 1. The first-order chi connectivity index (χ1) is 9.82. The Bertz CT molecular complexity index is 536. The average Bonchev–Trinajstić information content (AvgIpc) is 2.75. The van der Waals surface area contributed by atoms with Gasteiger partial charge in [0.2, 0.25) is 0 Å².